The minimum Gasteiger partial charge on any atom is -0.339 e. The predicted octanol–water partition coefficient (Wildman–Crippen LogP) is 1.65. The molecule has 0 bridgehead atoms. The van der Waals surface area contributed by atoms with Gasteiger partial charge in [0.25, 0.3) is 0 Å². The molecule has 1 aromatic rings. The van der Waals surface area contributed by atoms with Crippen LogP contribution in [0.3, 0.4) is 0 Å². The van der Waals surface area contributed by atoms with Gasteiger partial charge in [0, 0.05) is 17.9 Å². The van der Waals surface area contributed by atoms with Crippen LogP contribution in [0, 0.1) is 0 Å². The summed E-state index contributed by atoms with van der Waals surface area (Å²) in [4.78, 5) is 4.32. The molecule has 0 aliphatic carbocycles. The molecule has 0 radical (unpaired) electrons. The highest BCUT2D eigenvalue weighted by atomic mass is 16.5. The van der Waals surface area contributed by atoms with Gasteiger partial charge in [-0.2, -0.15) is 4.98 Å². The van der Waals surface area contributed by atoms with E-state index >= 15 is 0 Å². The quantitative estimate of drug-likeness (QED) is 0.800. The molecular weight excluding hydrogens is 178 g/mol. The summed E-state index contributed by atoms with van der Waals surface area (Å²) in [5.74, 6) is 1.45. The molecule has 1 atom stereocenters. The molecule has 0 fully saturated rings. The molecule has 0 saturated heterocycles. The van der Waals surface area contributed by atoms with E-state index in [4.69, 9.17) is 10.3 Å². The minimum absolute atomic E-state index is 0.0456. The average molecular weight is 197 g/mol. The van der Waals surface area contributed by atoms with Crippen LogP contribution in [0.1, 0.15) is 45.8 Å². The van der Waals surface area contributed by atoms with Crippen molar-refractivity contribution in [1.82, 2.24) is 10.1 Å². The highest BCUT2D eigenvalue weighted by Gasteiger charge is 2.20. The van der Waals surface area contributed by atoms with Crippen LogP contribution < -0.4 is 5.73 Å². The topological polar surface area (TPSA) is 64.9 Å². The van der Waals surface area contributed by atoms with Crippen LogP contribution in [-0.4, -0.2) is 16.2 Å². The summed E-state index contributed by atoms with van der Waals surface area (Å²) in [6.45, 7) is 8.16. The van der Waals surface area contributed by atoms with Crippen molar-refractivity contribution >= 4 is 0 Å². The van der Waals surface area contributed by atoms with Crippen molar-refractivity contribution in [3.05, 3.63) is 11.7 Å². The van der Waals surface area contributed by atoms with Crippen molar-refractivity contribution in [1.29, 1.82) is 0 Å². The first-order chi connectivity index (χ1) is 6.39. The fourth-order valence-electron chi connectivity index (χ4n) is 1.01. The maximum Gasteiger partial charge on any atom is 0.226 e. The molecular formula is C10H19N3O. The number of aromatic nitrogens is 2. The summed E-state index contributed by atoms with van der Waals surface area (Å²) < 4.78 is 5.12. The van der Waals surface area contributed by atoms with E-state index in [2.05, 4.69) is 30.9 Å². The predicted molar refractivity (Wildman–Crippen MR) is 55.0 cm³/mol. The SMILES string of the molecule is CC(N)CCc1nc(C(C)(C)C)no1. The van der Waals surface area contributed by atoms with Gasteiger partial charge in [-0.05, 0) is 13.3 Å². The van der Waals surface area contributed by atoms with Gasteiger partial charge in [0.2, 0.25) is 5.89 Å². The van der Waals surface area contributed by atoms with E-state index in [-0.39, 0.29) is 11.5 Å². The van der Waals surface area contributed by atoms with Crippen molar-refractivity contribution in [2.75, 3.05) is 0 Å². The van der Waals surface area contributed by atoms with Crippen molar-refractivity contribution < 1.29 is 4.52 Å². The zero-order chi connectivity index (χ0) is 10.8. The van der Waals surface area contributed by atoms with Crippen molar-refractivity contribution in [2.45, 2.75) is 52.0 Å². The third kappa shape index (κ3) is 3.10. The van der Waals surface area contributed by atoms with Crippen molar-refractivity contribution in [3.8, 4) is 0 Å². The van der Waals surface area contributed by atoms with E-state index in [0.717, 1.165) is 18.7 Å². The second-order valence-corrected chi connectivity index (χ2v) is 4.78. The number of aryl methyl sites for hydroxylation is 1. The Balaban J connectivity index is 2.60. The van der Waals surface area contributed by atoms with Crippen molar-refractivity contribution in [3.63, 3.8) is 0 Å². The number of nitrogens with zero attached hydrogens (tertiary/aromatic N) is 2. The summed E-state index contributed by atoms with van der Waals surface area (Å²) in [6, 6.07) is 0.181. The van der Waals surface area contributed by atoms with Gasteiger partial charge in [0.1, 0.15) is 0 Å². The Kier molecular flexibility index (Phi) is 3.26. The van der Waals surface area contributed by atoms with E-state index in [0.29, 0.717) is 5.89 Å². The molecule has 2 N–H and O–H groups in total. The third-order valence-corrected chi connectivity index (χ3v) is 1.95. The van der Waals surface area contributed by atoms with Crippen LogP contribution in [-0.2, 0) is 11.8 Å². The van der Waals surface area contributed by atoms with Crippen LogP contribution >= 0.6 is 0 Å². The monoisotopic (exact) mass is 197 g/mol. The van der Waals surface area contributed by atoms with E-state index in [1.165, 1.54) is 0 Å². The van der Waals surface area contributed by atoms with Crippen LogP contribution in [0.25, 0.3) is 0 Å². The fourth-order valence-corrected chi connectivity index (χ4v) is 1.01. The Bertz CT molecular complexity index is 286. The van der Waals surface area contributed by atoms with Crippen LogP contribution in [0.4, 0.5) is 0 Å². The standard InChI is InChI=1S/C10H19N3O/c1-7(11)5-6-8-12-9(13-14-8)10(2,3)4/h7H,5-6,11H2,1-4H3. The van der Waals surface area contributed by atoms with Gasteiger partial charge >= 0.3 is 0 Å². The van der Waals surface area contributed by atoms with Gasteiger partial charge in [-0.25, -0.2) is 0 Å². The van der Waals surface area contributed by atoms with Gasteiger partial charge in [-0.1, -0.05) is 25.9 Å². The number of hydrogen-bond donors (Lipinski definition) is 1. The second-order valence-electron chi connectivity index (χ2n) is 4.78. The lowest BCUT2D eigenvalue weighted by Gasteiger charge is -2.10. The minimum atomic E-state index is -0.0456. The number of nitrogens with two attached hydrogens (primary N) is 1. The van der Waals surface area contributed by atoms with Gasteiger partial charge in [0.05, 0.1) is 0 Å². The van der Waals surface area contributed by atoms with Crippen molar-refractivity contribution in [2.24, 2.45) is 5.73 Å². The zero-order valence-electron chi connectivity index (χ0n) is 9.37. The van der Waals surface area contributed by atoms with Gasteiger partial charge in [-0.15, -0.1) is 0 Å². The van der Waals surface area contributed by atoms with E-state index in [9.17, 15) is 0 Å². The lowest BCUT2D eigenvalue weighted by atomic mass is 9.96. The Morgan fingerprint density at radius 1 is 1.43 bits per heavy atom. The Hall–Kier alpha value is -0.900. The molecule has 0 amide bonds. The molecule has 4 nitrogen and oxygen atoms in total. The first-order valence-electron chi connectivity index (χ1n) is 4.98. The third-order valence-electron chi connectivity index (χ3n) is 1.95. The van der Waals surface area contributed by atoms with E-state index in [1.807, 2.05) is 6.92 Å². The lowest BCUT2D eigenvalue weighted by Crippen LogP contribution is -2.16. The number of rotatable bonds is 3. The van der Waals surface area contributed by atoms with Crippen LogP contribution in [0.5, 0.6) is 0 Å². The first-order valence-corrected chi connectivity index (χ1v) is 4.98. The molecule has 0 spiro atoms. The first kappa shape index (κ1) is 11.2. The molecule has 1 heterocycles. The Morgan fingerprint density at radius 2 is 2.07 bits per heavy atom. The summed E-state index contributed by atoms with van der Waals surface area (Å²) in [5.41, 5.74) is 5.60. The molecule has 0 saturated carbocycles. The molecule has 0 aliphatic rings. The van der Waals surface area contributed by atoms with Crippen LogP contribution in [0.2, 0.25) is 0 Å². The Labute approximate surface area is 84.9 Å². The van der Waals surface area contributed by atoms with E-state index < -0.39 is 0 Å². The maximum atomic E-state index is 5.64. The van der Waals surface area contributed by atoms with Gasteiger partial charge < -0.3 is 10.3 Å². The molecule has 80 valence electrons. The zero-order valence-corrected chi connectivity index (χ0v) is 9.37. The van der Waals surface area contributed by atoms with Gasteiger partial charge in [-0.3, -0.25) is 0 Å². The second kappa shape index (κ2) is 4.09. The molecule has 14 heavy (non-hydrogen) atoms. The number of hydrogen-bond acceptors (Lipinski definition) is 4. The molecule has 0 aromatic carbocycles. The molecule has 1 aromatic heterocycles. The maximum absolute atomic E-state index is 5.64. The summed E-state index contributed by atoms with van der Waals surface area (Å²) >= 11 is 0. The highest BCUT2D eigenvalue weighted by molar-refractivity contribution is 4.99. The molecule has 0 aliphatic heterocycles. The van der Waals surface area contributed by atoms with E-state index in [1.54, 1.807) is 0 Å². The lowest BCUT2D eigenvalue weighted by molar-refractivity contribution is 0.358. The fraction of sp³-hybridized carbons (Fsp3) is 0.800. The summed E-state index contributed by atoms with van der Waals surface area (Å²) in [7, 11) is 0. The summed E-state index contributed by atoms with van der Waals surface area (Å²) in [6.07, 6.45) is 1.65. The van der Waals surface area contributed by atoms with Crippen LogP contribution in [0.15, 0.2) is 4.52 Å². The molecule has 4 heteroatoms. The van der Waals surface area contributed by atoms with Gasteiger partial charge in [0.15, 0.2) is 5.82 Å². The average Bonchev–Trinajstić information content (AvgIpc) is 2.47. The molecule has 1 unspecified atom stereocenters. The Morgan fingerprint density at radius 3 is 2.50 bits per heavy atom. The smallest absolute Gasteiger partial charge is 0.226 e. The largest absolute Gasteiger partial charge is 0.339 e. The highest BCUT2D eigenvalue weighted by Crippen LogP contribution is 2.18. The summed E-state index contributed by atoms with van der Waals surface area (Å²) in [5, 5.41) is 3.94. The molecule has 1 rings (SSSR count). The normalized spacial score (nSPS) is 14.4.